The minimum absolute atomic E-state index is 0.0440. The average molecular weight is 274 g/mol. The van der Waals surface area contributed by atoms with Crippen LogP contribution in [-0.2, 0) is 13.7 Å². The van der Waals surface area contributed by atoms with Gasteiger partial charge in [0.1, 0.15) is 6.61 Å². The Labute approximate surface area is 109 Å². The van der Waals surface area contributed by atoms with Gasteiger partial charge in [0.25, 0.3) is 0 Å². The van der Waals surface area contributed by atoms with Crippen molar-refractivity contribution in [3.05, 3.63) is 29.8 Å². The van der Waals surface area contributed by atoms with Gasteiger partial charge in [0.2, 0.25) is 5.90 Å². The number of ketones is 1. The first-order valence-corrected chi connectivity index (χ1v) is 6.05. The van der Waals surface area contributed by atoms with Crippen LogP contribution in [-0.4, -0.2) is 31.3 Å². The molecule has 0 saturated carbocycles. The number of carbonyl (C=O) groups is 1. The number of rotatable bonds is 6. The summed E-state index contributed by atoms with van der Waals surface area (Å²) in [6.07, 6.45) is 0. The fraction of sp³-hybridized carbons (Fsp3) is 0.273. The predicted octanol–water partition coefficient (Wildman–Crippen LogP) is 2.49. The highest BCUT2D eigenvalue weighted by Crippen LogP contribution is 2.18. The lowest BCUT2D eigenvalue weighted by Crippen LogP contribution is -2.14. The van der Waals surface area contributed by atoms with Crippen molar-refractivity contribution in [2.24, 2.45) is 0 Å². The van der Waals surface area contributed by atoms with E-state index in [1.165, 1.54) is 12.0 Å². The van der Waals surface area contributed by atoms with Gasteiger partial charge in [0.05, 0.1) is 13.0 Å². The molecule has 0 bridgehead atoms. The highest BCUT2D eigenvalue weighted by molar-refractivity contribution is 7.94. The van der Waals surface area contributed by atoms with E-state index in [0.717, 1.165) is 4.90 Å². The zero-order chi connectivity index (χ0) is 12.7. The molecule has 0 aliphatic carbocycles. The molecule has 0 spiro atoms. The van der Waals surface area contributed by atoms with Gasteiger partial charge in [-0.3, -0.25) is 10.2 Å². The van der Waals surface area contributed by atoms with E-state index in [-0.39, 0.29) is 24.2 Å². The van der Waals surface area contributed by atoms with E-state index < -0.39 is 0 Å². The number of carbonyl (C=O) groups excluding carboxylic acids is 1. The lowest BCUT2D eigenvalue weighted by molar-refractivity contribution is -0.118. The molecule has 17 heavy (non-hydrogen) atoms. The Balaban J connectivity index is 2.54. The predicted molar refractivity (Wildman–Crippen MR) is 67.8 cm³/mol. The topological polar surface area (TPSA) is 59.4 Å². The molecule has 0 amide bonds. The lowest BCUT2D eigenvalue weighted by Gasteiger charge is -2.06. The third-order valence-electron chi connectivity index (χ3n) is 1.82. The van der Waals surface area contributed by atoms with Crippen molar-refractivity contribution in [2.75, 3.05) is 19.6 Å². The number of halogens is 1. The molecule has 1 N–H and O–H groups in total. The van der Waals surface area contributed by atoms with Crippen molar-refractivity contribution in [1.29, 1.82) is 5.41 Å². The van der Waals surface area contributed by atoms with Crippen LogP contribution in [0.5, 0.6) is 0 Å². The largest absolute Gasteiger partial charge is 0.470 e. The Morgan fingerprint density at radius 3 is 2.59 bits per heavy atom. The molecule has 0 saturated heterocycles. The van der Waals surface area contributed by atoms with E-state index >= 15 is 0 Å². The molecule has 6 heteroatoms. The average Bonchev–Trinajstić information content (AvgIpc) is 2.36. The van der Waals surface area contributed by atoms with Crippen molar-refractivity contribution >= 4 is 35.3 Å². The minimum Gasteiger partial charge on any atom is -0.470 e. The molecule has 4 nitrogen and oxygen atoms in total. The van der Waals surface area contributed by atoms with E-state index in [1.807, 2.05) is 12.1 Å². The van der Waals surface area contributed by atoms with Gasteiger partial charge in [-0.2, -0.15) is 0 Å². The molecule has 92 valence electrons. The summed E-state index contributed by atoms with van der Waals surface area (Å²) in [6, 6.07) is 7.08. The maximum atomic E-state index is 10.9. The first-order chi connectivity index (χ1) is 8.17. The summed E-state index contributed by atoms with van der Waals surface area (Å²) in [6.45, 7) is -0.170. The summed E-state index contributed by atoms with van der Waals surface area (Å²) in [5, 5.41) is 7.61. The second-order valence-electron chi connectivity index (χ2n) is 3.06. The van der Waals surface area contributed by atoms with E-state index in [1.54, 1.807) is 19.2 Å². The Morgan fingerprint density at radius 1 is 1.41 bits per heavy atom. The van der Waals surface area contributed by atoms with Crippen LogP contribution in [0.15, 0.2) is 29.2 Å². The maximum absolute atomic E-state index is 10.9. The Kier molecular flexibility index (Phi) is 6.04. The number of Topliss-reactive ketones (excluding diaryl/α,β-unsaturated/α-hetero) is 1. The van der Waals surface area contributed by atoms with Crippen LogP contribution in [0.3, 0.4) is 0 Å². The van der Waals surface area contributed by atoms with Crippen LogP contribution in [0.2, 0.25) is 0 Å². The third-order valence-corrected chi connectivity index (χ3v) is 2.75. The highest BCUT2D eigenvalue weighted by atomic mass is 35.5. The Morgan fingerprint density at radius 2 is 2.06 bits per heavy atom. The van der Waals surface area contributed by atoms with Crippen molar-refractivity contribution in [3.8, 4) is 0 Å². The van der Waals surface area contributed by atoms with E-state index in [0.29, 0.717) is 5.56 Å². The molecule has 0 heterocycles. The minimum atomic E-state index is -0.247. The molecule has 0 atom stereocenters. The lowest BCUT2D eigenvalue weighted by atomic mass is 10.2. The molecule has 1 rings (SSSR count). The molecule has 0 aliphatic rings. The molecular weight excluding hydrogens is 262 g/mol. The number of alkyl halides is 1. The molecule has 0 fully saturated rings. The molecule has 0 unspecified atom stereocenters. The first kappa shape index (κ1) is 14.0. The smallest absolute Gasteiger partial charge is 0.213 e. The standard InChI is InChI=1S/C11H12ClNO3S/c1-15-17-10-4-2-8(3-5-10)11(13)16-7-9(14)6-12/h2-5,13H,6-7H2,1H3. The van der Waals surface area contributed by atoms with Gasteiger partial charge in [0, 0.05) is 22.5 Å². The second-order valence-corrected chi connectivity index (χ2v) is 4.30. The van der Waals surface area contributed by atoms with Crippen molar-refractivity contribution in [1.82, 2.24) is 0 Å². The van der Waals surface area contributed by atoms with Crippen LogP contribution >= 0.6 is 23.6 Å². The van der Waals surface area contributed by atoms with Crippen LogP contribution in [0.4, 0.5) is 0 Å². The van der Waals surface area contributed by atoms with E-state index in [2.05, 4.69) is 0 Å². The van der Waals surface area contributed by atoms with Crippen LogP contribution in [0.1, 0.15) is 5.56 Å². The van der Waals surface area contributed by atoms with Crippen molar-refractivity contribution in [3.63, 3.8) is 0 Å². The van der Waals surface area contributed by atoms with Gasteiger partial charge in [-0.15, -0.1) is 11.6 Å². The molecule has 0 aliphatic heterocycles. The molecule has 0 aromatic heterocycles. The quantitative estimate of drug-likeness (QED) is 0.374. The first-order valence-electron chi connectivity index (χ1n) is 4.77. The SMILES string of the molecule is COSc1ccc(C(=N)OCC(=O)CCl)cc1. The van der Waals surface area contributed by atoms with E-state index in [4.69, 9.17) is 25.9 Å². The van der Waals surface area contributed by atoms with Gasteiger partial charge >= 0.3 is 0 Å². The summed E-state index contributed by atoms with van der Waals surface area (Å²) in [7, 11) is 1.58. The van der Waals surface area contributed by atoms with Gasteiger partial charge in [0.15, 0.2) is 5.78 Å². The normalized spacial score (nSPS) is 10.0. The summed E-state index contributed by atoms with van der Waals surface area (Å²) in [5.74, 6) is -0.392. The Bertz CT molecular complexity index is 394. The number of benzene rings is 1. The molecule has 1 aromatic carbocycles. The molecule has 0 radical (unpaired) electrons. The van der Waals surface area contributed by atoms with Crippen molar-refractivity contribution < 1.29 is 13.7 Å². The highest BCUT2D eigenvalue weighted by Gasteiger charge is 2.06. The summed E-state index contributed by atoms with van der Waals surface area (Å²) < 4.78 is 9.89. The maximum Gasteiger partial charge on any atom is 0.213 e. The van der Waals surface area contributed by atoms with Crippen LogP contribution in [0.25, 0.3) is 0 Å². The fourth-order valence-corrected chi connectivity index (χ4v) is 1.55. The van der Waals surface area contributed by atoms with Crippen molar-refractivity contribution in [2.45, 2.75) is 4.90 Å². The number of hydrogen-bond donors (Lipinski definition) is 1. The van der Waals surface area contributed by atoms with Crippen LogP contribution in [0, 0.1) is 5.41 Å². The van der Waals surface area contributed by atoms with Crippen LogP contribution < -0.4 is 0 Å². The number of nitrogens with one attached hydrogen (secondary N) is 1. The van der Waals surface area contributed by atoms with Gasteiger partial charge in [-0.1, -0.05) is 0 Å². The zero-order valence-corrected chi connectivity index (χ0v) is 10.8. The van der Waals surface area contributed by atoms with Gasteiger partial charge < -0.3 is 8.92 Å². The summed E-state index contributed by atoms with van der Waals surface area (Å²) in [5.41, 5.74) is 0.604. The second kappa shape index (κ2) is 7.32. The van der Waals surface area contributed by atoms with Gasteiger partial charge in [-0.25, -0.2) is 0 Å². The fourth-order valence-electron chi connectivity index (χ4n) is 1.03. The summed E-state index contributed by atoms with van der Waals surface area (Å²) in [4.78, 5) is 11.8. The number of hydrogen-bond acceptors (Lipinski definition) is 5. The number of ether oxygens (including phenoxy) is 1. The van der Waals surface area contributed by atoms with Gasteiger partial charge in [-0.05, 0) is 24.3 Å². The molecule has 1 aromatic rings. The van der Waals surface area contributed by atoms with E-state index in [9.17, 15) is 4.79 Å². The Hall–Kier alpha value is -1.04. The third kappa shape index (κ3) is 4.77. The molecular formula is C11H12ClNO3S. The summed E-state index contributed by atoms with van der Waals surface area (Å²) >= 11 is 6.56. The monoisotopic (exact) mass is 273 g/mol. The zero-order valence-electron chi connectivity index (χ0n) is 9.23.